The van der Waals surface area contributed by atoms with Crippen molar-refractivity contribution in [1.82, 2.24) is 15.4 Å². The first-order chi connectivity index (χ1) is 16.2. The summed E-state index contributed by atoms with van der Waals surface area (Å²) in [6, 6.07) is 7.21. The Labute approximate surface area is 199 Å². The fraction of sp³-hybridized carbons (Fsp3) is 0.458. The molecule has 1 saturated heterocycles. The van der Waals surface area contributed by atoms with Gasteiger partial charge >= 0.3 is 0 Å². The van der Waals surface area contributed by atoms with Gasteiger partial charge < -0.3 is 9.64 Å². The van der Waals surface area contributed by atoms with Gasteiger partial charge in [-0.15, -0.1) is 0 Å². The number of pyridine rings is 1. The van der Waals surface area contributed by atoms with E-state index >= 15 is 0 Å². The van der Waals surface area contributed by atoms with Crippen molar-refractivity contribution in [3.63, 3.8) is 0 Å². The molecule has 1 fully saturated rings. The highest BCUT2D eigenvalue weighted by Crippen LogP contribution is 2.30. The number of benzene rings is 1. The summed E-state index contributed by atoms with van der Waals surface area (Å²) < 4.78 is 32.3. The molecule has 1 aromatic heterocycles. The fourth-order valence-corrected chi connectivity index (χ4v) is 6.54. The molecule has 2 atom stereocenters. The lowest BCUT2D eigenvalue weighted by atomic mass is 9.92. The predicted octanol–water partition coefficient (Wildman–Crippen LogP) is 2.12. The lowest BCUT2D eigenvalue weighted by Crippen LogP contribution is -2.44. The molecular weight excluding hydrogens is 458 g/mol. The fourth-order valence-electron chi connectivity index (χ4n) is 4.84. The van der Waals surface area contributed by atoms with E-state index < -0.39 is 32.9 Å². The number of aryl methyl sites for hydroxylation is 2. The first-order valence-corrected chi connectivity index (χ1v) is 12.9. The van der Waals surface area contributed by atoms with Gasteiger partial charge in [-0.25, -0.2) is 13.9 Å². The van der Waals surface area contributed by atoms with E-state index in [0.717, 1.165) is 42.6 Å². The molecule has 2 aromatic rings. The van der Waals surface area contributed by atoms with Gasteiger partial charge in [0.2, 0.25) is 5.91 Å². The third kappa shape index (κ3) is 4.78. The van der Waals surface area contributed by atoms with Gasteiger partial charge in [0.05, 0.1) is 10.1 Å². The maximum atomic E-state index is 13.2. The minimum Gasteiger partial charge on any atom is -0.489 e. The second kappa shape index (κ2) is 9.71. The van der Waals surface area contributed by atoms with Gasteiger partial charge in [-0.05, 0) is 80.5 Å². The lowest BCUT2D eigenvalue weighted by Gasteiger charge is -2.20. The minimum absolute atomic E-state index is 0.0843. The third-order valence-electron chi connectivity index (χ3n) is 6.59. The molecule has 182 valence electrons. The summed E-state index contributed by atoms with van der Waals surface area (Å²) in [4.78, 5) is 29.7. The Balaban J connectivity index is 1.47. The van der Waals surface area contributed by atoms with Crippen molar-refractivity contribution >= 4 is 21.7 Å². The Morgan fingerprint density at radius 1 is 1.21 bits per heavy atom. The Morgan fingerprint density at radius 3 is 2.59 bits per heavy atom. The molecule has 2 aliphatic rings. The van der Waals surface area contributed by atoms with Crippen LogP contribution in [0.15, 0.2) is 35.2 Å². The predicted molar refractivity (Wildman–Crippen MR) is 123 cm³/mol. The Hall–Kier alpha value is -2.98. The van der Waals surface area contributed by atoms with E-state index in [0.29, 0.717) is 12.4 Å². The topological polar surface area (TPSA) is 126 Å². The van der Waals surface area contributed by atoms with Gasteiger partial charge in [-0.1, -0.05) is 0 Å². The average molecular weight is 488 g/mol. The van der Waals surface area contributed by atoms with Crippen LogP contribution in [0, 0.1) is 6.92 Å². The Kier molecular flexibility index (Phi) is 6.90. The molecule has 2 N–H and O–H groups in total. The summed E-state index contributed by atoms with van der Waals surface area (Å²) in [6.45, 7) is 3.51. The van der Waals surface area contributed by atoms with Crippen LogP contribution in [0.5, 0.6) is 5.75 Å². The number of rotatable bonds is 6. The summed E-state index contributed by atoms with van der Waals surface area (Å²) in [5.41, 5.74) is 6.00. The standard InChI is InChI=1S/C24H29N3O6S/c1-15-11-17(21-5-3-4-6-22(21)25-15)14-33-18-7-9-19(10-8-18)34(31,32)20-12-23(24(29)26-30)27(13-20)16(2)28/h7-11,20,23,30H,3-6,12-14H2,1-2H3,(H,26,29)/t20-,23+/m0/s1. The van der Waals surface area contributed by atoms with Crippen LogP contribution in [0.3, 0.4) is 0 Å². The molecule has 34 heavy (non-hydrogen) atoms. The number of sulfone groups is 1. The molecule has 0 unspecified atom stereocenters. The molecule has 9 nitrogen and oxygen atoms in total. The SMILES string of the molecule is CC(=O)N1C[C@@H](S(=O)(=O)c2ccc(OCc3cc(C)nc4c3CCCC4)cc2)C[C@@H]1C(=O)NO. The molecule has 1 aliphatic carbocycles. The number of amides is 2. The van der Waals surface area contributed by atoms with Crippen LogP contribution in [0.2, 0.25) is 0 Å². The zero-order valence-electron chi connectivity index (χ0n) is 19.3. The van der Waals surface area contributed by atoms with Crippen molar-refractivity contribution in [2.75, 3.05) is 6.54 Å². The van der Waals surface area contributed by atoms with Crippen molar-refractivity contribution in [3.8, 4) is 5.75 Å². The van der Waals surface area contributed by atoms with Crippen LogP contribution >= 0.6 is 0 Å². The van der Waals surface area contributed by atoms with E-state index in [1.54, 1.807) is 12.1 Å². The van der Waals surface area contributed by atoms with Crippen LogP contribution in [-0.4, -0.2) is 53.2 Å². The number of aromatic nitrogens is 1. The number of nitrogens with zero attached hydrogens (tertiary/aromatic N) is 2. The second-order valence-corrected chi connectivity index (χ2v) is 11.1. The van der Waals surface area contributed by atoms with E-state index in [1.165, 1.54) is 35.0 Å². The highest BCUT2D eigenvalue weighted by atomic mass is 32.2. The Bertz CT molecular complexity index is 1200. The zero-order valence-corrected chi connectivity index (χ0v) is 20.1. The van der Waals surface area contributed by atoms with Crippen molar-refractivity contribution in [2.24, 2.45) is 0 Å². The zero-order chi connectivity index (χ0) is 24.5. The first kappa shape index (κ1) is 24.2. The van der Waals surface area contributed by atoms with E-state index in [2.05, 4.69) is 4.98 Å². The average Bonchev–Trinajstić information content (AvgIpc) is 3.29. The summed E-state index contributed by atoms with van der Waals surface area (Å²) >= 11 is 0. The van der Waals surface area contributed by atoms with Crippen molar-refractivity contribution < 1.29 is 28.0 Å². The summed E-state index contributed by atoms with van der Waals surface area (Å²) in [7, 11) is -3.80. The molecule has 0 spiro atoms. The number of carbonyl (C=O) groups is 2. The molecule has 2 heterocycles. The van der Waals surface area contributed by atoms with Crippen LogP contribution in [0.1, 0.15) is 48.7 Å². The largest absolute Gasteiger partial charge is 0.489 e. The molecular formula is C24H29N3O6S. The first-order valence-electron chi connectivity index (χ1n) is 11.4. The quantitative estimate of drug-likeness (QED) is 0.472. The van der Waals surface area contributed by atoms with Crippen LogP contribution in [-0.2, 0) is 38.9 Å². The van der Waals surface area contributed by atoms with Gasteiger partial charge in [-0.3, -0.25) is 19.8 Å². The van der Waals surface area contributed by atoms with Gasteiger partial charge in [0.1, 0.15) is 18.4 Å². The van der Waals surface area contributed by atoms with Crippen LogP contribution < -0.4 is 10.2 Å². The summed E-state index contributed by atoms with van der Waals surface area (Å²) in [6.07, 6.45) is 4.18. The van der Waals surface area contributed by atoms with E-state index in [9.17, 15) is 18.0 Å². The number of nitrogens with one attached hydrogen (secondary N) is 1. The number of hydrogen-bond acceptors (Lipinski definition) is 7. The number of hydrogen-bond donors (Lipinski definition) is 2. The minimum atomic E-state index is -3.80. The van der Waals surface area contributed by atoms with Gasteiger partial charge in [0, 0.05) is 24.9 Å². The van der Waals surface area contributed by atoms with Gasteiger partial charge in [0.15, 0.2) is 9.84 Å². The van der Waals surface area contributed by atoms with Crippen molar-refractivity contribution in [1.29, 1.82) is 0 Å². The van der Waals surface area contributed by atoms with Gasteiger partial charge in [0.25, 0.3) is 5.91 Å². The highest BCUT2D eigenvalue weighted by Gasteiger charge is 2.44. The molecule has 4 rings (SSSR count). The monoisotopic (exact) mass is 487 g/mol. The molecule has 1 aliphatic heterocycles. The molecule has 10 heteroatoms. The second-order valence-electron chi connectivity index (χ2n) is 8.88. The third-order valence-corrected chi connectivity index (χ3v) is 8.73. The maximum absolute atomic E-state index is 13.2. The van der Waals surface area contributed by atoms with Crippen molar-refractivity contribution in [3.05, 3.63) is 52.8 Å². The number of carbonyl (C=O) groups excluding carboxylic acids is 2. The Morgan fingerprint density at radius 2 is 1.91 bits per heavy atom. The normalized spacial score (nSPS) is 20.0. The molecule has 1 aromatic carbocycles. The highest BCUT2D eigenvalue weighted by molar-refractivity contribution is 7.92. The maximum Gasteiger partial charge on any atom is 0.266 e. The molecule has 0 saturated carbocycles. The molecule has 2 amide bonds. The van der Waals surface area contributed by atoms with E-state index in [1.807, 2.05) is 13.0 Å². The lowest BCUT2D eigenvalue weighted by molar-refractivity contribution is -0.141. The summed E-state index contributed by atoms with van der Waals surface area (Å²) in [5, 5.41) is 7.99. The van der Waals surface area contributed by atoms with Crippen LogP contribution in [0.25, 0.3) is 0 Å². The van der Waals surface area contributed by atoms with Crippen molar-refractivity contribution in [2.45, 2.75) is 68.7 Å². The number of hydroxylamine groups is 1. The van der Waals surface area contributed by atoms with E-state index in [4.69, 9.17) is 9.94 Å². The van der Waals surface area contributed by atoms with Crippen LogP contribution in [0.4, 0.5) is 0 Å². The van der Waals surface area contributed by atoms with E-state index in [-0.39, 0.29) is 17.9 Å². The van der Waals surface area contributed by atoms with Gasteiger partial charge in [-0.2, -0.15) is 0 Å². The smallest absolute Gasteiger partial charge is 0.266 e. The number of likely N-dealkylation sites (tertiary alicyclic amines) is 1. The summed E-state index contributed by atoms with van der Waals surface area (Å²) in [5.74, 6) is -0.680. The number of fused-ring (bicyclic) bond motifs is 1. The molecule has 0 radical (unpaired) electrons. The molecule has 0 bridgehead atoms. The number of ether oxygens (including phenoxy) is 1.